The first-order valence-corrected chi connectivity index (χ1v) is 8.38. The summed E-state index contributed by atoms with van der Waals surface area (Å²) in [5.41, 5.74) is -0.0255. The Morgan fingerprint density at radius 2 is 2.08 bits per heavy atom. The second kappa shape index (κ2) is 7.13. The van der Waals surface area contributed by atoms with Gasteiger partial charge in [0.15, 0.2) is 5.69 Å². The topological polar surface area (TPSA) is 70.4 Å². The van der Waals surface area contributed by atoms with E-state index in [4.69, 9.17) is 9.47 Å². The van der Waals surface area contributed by atoms with E-state index in [2.05, 4.69) is 5.10 Å². The minimum atomic E-state index is -0.519. The predicted octanol–water partition coefficient (Wildman–Crippen LogP) is 2.70. The molecule has 0 N–H and O–H groups in total. The third-order valence-electron chi connectivity index (χ3n) is 4.19. The fourth-order valence-electron chi connectivity index (χ4n) is 2.88. The van der Waals surface area contributed by atoms with Crippen molar-refractivity contribution in [1.29, 1.82) is 0 Å². The molecule has 6 nitrogen and oxygen atoms in total. The Bertz CT molecular complexity index is 791. The molecule has 3 rings (SSSR count). The van der Waals surface area contributed by atoms with E-state index < -0.39 is 5.97 Å². The van der Waals surface area contributed by atoms with Crippen LogP contribution in [0.2, 0.25) is 0 Å². The number of rotatable bonds is 4. The van der Waals surface area contributed by atoms with E-state index in [1.165, 1.54) is 4.68 Å². The van der Waals surface area contributed by atoms with E-state index in [1.807, 2.05) is 13.8 Å². The van der Waals surface area contributed by atoms with E-state index in [1.54, 1.807) is 24.3 Å². The van der Waals surface area contributed by atoms with Crippen molar-refractivity contribution in [3.8, 4) is 0 Å². The third kappa shape index (κ3) is 3.33. The van der Waals surface area contributed by atoms with Gasteiger partial charge >= 0.3 is 5.97 Å². The Balaban J connectivity index is 1.91. The molecule has 24 heavy (non-hydrogen) atoms. The number of esters is 1. The molecule has 1 unspecified atom stereocenters. The lowest BCUT2D eigenvalue weighted by molar-refractivity contribution is -0.0302. The highest BCUT2D eigenvalue weighted by Gasteiger charge is 2.21. The predicted molar refractivity (Wildman–Crippen MR) is 90.3 cm³/mol. The Labute approximate surface area is 140 Å². The molecule has 1 saturated heterocycles. The maximum Gasteiger partial charge on any atom is 0.359 e. The summed E-state index contributed by atoms with van der Waals surface area (Å²) in [5, 5.41) is 5.25. The molecule has 2 heterocycles. The van der Waals surface area contributed by atoms with Crippen molar-refractivity contribution in [3.05, 3.63) is 40.3 Å². The minimum Gasteiger partial charge on any atom is -0.458 e. The van der Waals surface area contributed by atoms with Gasteiger partial charge in [0.25, 0.3) is 5.56 Å². The lowest BCUT2D eigenvalue weighted by atomic mass is 10.1. The molecular formula is C18H22N2O4. The van der Waals surface area contributed by atoms with Crippen molar-refractivity contribution in [1.82, 2.24) is 9.78 Å². The number of fused-ring (bicyclic) bond motifs is 1. The first kappa shape index (κ1) is 16.6. The van der Waals surface area contributed by atoms with E-state index in [0.717, 1.165) is 19.3 Å². The number of aromatic nitrogens is 2. The van der Waals surface area contributed by atoms with Gasteiger partial charge in [0.2, 0.25) is 0 Å². The largest absolute Gasteiger partial charge is 0.458 e. The summed E-state index contributed by atoms with van der Waals surface area (Å²) in [6, 6.07) is 6.85. The fourth-order valence-corrected chi connectivity index (χ4v) is 2.88. The van der Waals surface area contributed by atoms with Gasteiger partial charge in [0.05, 0.1) is 17.5 Å². The highest BCUT2D eigenvalue weighted by Crippen LogP contribution is 2.17. The zero-order chi connectivity index (χ0) is 17.1. The number of hydrogen-bond donors (Lipinski definition) is 0. The summed E-state index contributed by atoms with van der Waals surface area (Å²) in [4.78, 5) is 25.0. The molecule has 0 aliphatic carbocycles. The smallest absolute Gasteiger partial charge is 0.359 e. The molecule has 0 saturated carbocycles. The highest BCUT2D eigenvalue weighted by molar-refractivity contribution is 6.02. The summed E-state index contributed by atoms with van der Waals surface area (Å²) >= 11 is 0. The van der Waals surface area contributed by atoms with Crippen LogP contribution < -0.4 is 5.56 Å². The van der Waals surface area contributed by atoms with Gasteiger partial charge in [0.1, 0.15) is 6.61 Å². The third-order valence-corrected chi connectivity index (χ3v) is 4.19. The maximum absolute atomic E-state index is 12.5. The molecule has 1 fully saturated rings. The summed E-state index contributed by atoms with van der Waals surface area (Å²) in [6.45, 7) is 4.64. The fraction of sp³-hybridized carbons (Fsp3) is 0.500. The summed E-state index contributed by atoms with van der Waals surface area (Å²) < 4.78 is 12.3. The molecule has 1 atom stereocenters. The Morgan fingerprint density at radius 1 is 1.33 bits per heavy atom. The van der Waals surface area contributed by atoms with Gasteiger partial charge in [-0.3, -0.25) is 4.79 Å². The second-order valence-corrected chi connectivity index (χ2v) is 6.32. The van der Waals surface area contributed by atoms with Gasteiger partial charge in [-0.1, -0.05) is 18.2 Å². The molecule has 0 radical (unpaired) electrons. The standard InChI is InChI=1S/C18H22N2O4/c1-12(2)20-17(21)15-9-4-3-8-14(15)16(19-20)18(22)24-11-13-7-5-6-10-23-13/h3-4,8-9,12-13H,5-7,10-11H2,1-2H3. The van der Waals surface area contributed by atoms with Crippen molar-refractivity contribution >= 4 is 16.7 Å². The zero-order valence-electron chi connectivity index (χ0n) is 14.0. The van der Waals surface area contributed by atoms with E-state index in [-0.39, 0.29) is 30.0 Å². The van der Waals surface area contributed by atoms with Crippen molar-refractivity contribution in [3.63, 3.8) is 0 Å². The quantitative estimate of drug-likeness (QED) is 0.806. The van der Waals surface area contributed by atoms with Gasteiger partial charge in [-0.15, -0.1) is 0 Å². The normalized spacial score (nSPS) is 18.0. The van der Waals surface area contributed by atoms with E-state index >= 15 is 0 Å². The number of hydrogen-bond acceptors (Lipinski definition) is 5. The number of benzene rings is 1. The molecule has 1 aromatic carbocycles. The van der Waals surface area contributed by atoms with Crippen molar-refractivity contribution in [2.45, 2.75) is 45.3 Å². The first-order chi connectivity index (χ1) is 11.6. The molecule has 0 amide bonds. The minimum absolute atomic E-state index is 0.0510. The van der Waals surface area contributed by atoms with Crippen LogP contribution in [0.4, 0.5) is 0 Å². The van der Waals surface area contributed by atoms with Crippen LogP contribution in [0.25, 0.3) is 10.8 Å². The zero-order valence-corrected chi connectivity index (χ0v) is 14.0. The number of nitrogens with zero attached hydrogens (tertiary/aromatic N) is 2. The van der Waals surface area contributed by atoms with Crippen LogP contribution in [-0.4, -0.2) is 35.1 Å². The SMILES string of the molecule is CC(C)n1nc(C(=O)OCC2CCCCO2)c2ccccc2c1=O. The van der Waals surface area contributed by atoms with Crippen LogP contribution in [0.3, 0.4) is 0 Å². The maximum atomic E-state index is 12.5. The molecule has 1 aliphatic heterocycles. The van der Waals surface area contributed by atoms with Crippen molar-refractivity contribution in [2.75, 3.05) is 13.2 Å². The Hall–Kier alpha value is -2.21. The second-order valence-electron chi connectivity index (χ2n) is 6.32. The van der Waals surface area contributed by atoms with Crippen LogP contribution in [0, 0.1) is 0 Å². The molecule has 0 spiro atoms. The van der Waals surface area contributed by atoms with Crippen LogP contribution >= 0.6 is 0 Å². The Kier molecular flexibility index (Phi) is 4.94. The average molecular weight is 330 g/mol. The lowest BCUT2D eigenvalue weighted by Gasteiger charge is -2.22. The number of ether oxygens (including phenoxy) is 2. The summed E-state index contributed by atoms with van der Waals surface area (Å²) in [7, 11) is 0. The van der Waals surface area contributed by atoms with Crippen molar-refractivity contribution < 1.29 is 14.3 Å². The van der Waals surface area contributed by atoms with E-state index in [0.29, 0.717) is 17.4 Å². The van der Waals surface area contributed by atoms with Crippen LogP contribution in [0.1, 0.15) is 49.6 Å². The van der Waals surface area contributed by atoms with Gasteiger partial charge < -0.3 is 9.47 Å². The number of carbonyl (C=O) groups is 1. The molecule has 2 aromatic rings. The van der Waals surface area contributed by atoms with Crippen LogP contribution in [0.5, 0.6) is 0 Å². The average Bonchev–Trinajstić information content (AvgIpc) is 2.61. The molecule has 1 aromatic heterocycles. The molecule has 1 aliphatic rings. The highest BCUT2D eigenvalue weighted by atomic mass is 16.6. The van der Waals surface area contributed by atoms with Crippen LogP contribution in [0.15, 0.2) is 29.1 Å². The number of carbonyl (C=O) groups excluding carboxylic acids is 1. The molecular weight excluding hydrogens is 308 g/mol. The first-order valence-electron chi connectivity index (χ1n) is 8.38. The molecule has 128 valence electrons. The lowest BCUT2D eigenvalue weighted by Crippen LogP contribution is -2.29. The molecule has 0 bridgehead atoms. The van der Waals surface area contributed by atoms with Gasteiger partial charge in [-0.05, 0) is 39.2 Å². The van der Waals surface area contributed by atoms with Gasteiger partial charge in [0, 0.05) is 12.0 Å². The van der Waals surface area contributed by atoms with Gasteiger partial charge in [-0.2, -0.15) is 5.10 Å². The van der Waals surface area contributed by atoms with Crippen LogP contribution in [-0.2, 0) is 9.47 Å². The summed E-state index contributed by atoms with van der Waals surface area (Å²) in [6.07, 6.45) is 2.98. The van der Waals surface area contributed by atoms with E-state index in [9.17, 15) is 9.59 Å². The Morgan fingerprint density at radius 3 is 2.75 bits per heavy atom. The van der Waals surface area contributed by atoms with Gasteiger partial charge in [-0.25, -0.2) is 9.48 Å². The van der Waals surface area contributed by atoms with Crippen molar-refractivity contribution in [2.24, 2.45) is 0 Å². The molecule has 6 heteroatoms. The monoisotopic (exact) mass is 330 g/mol. The summed E-state index contributed by atoms with van der Waals surface area (Å²) in [5.74, 6) is -0.519.